The Kier molecular flexibility index (Phi) is 4.93. The van der Waals surface area contributed by atoms with E-state index in [-0.39, 0.29) is 0 Å². The molecule has 0 aromatic carbocycles. The van der Waals surface area contributed by atoms with Gasteiger partial charge in [-0.15, -0.1) is 0 Å². The fourth-order valence-electron chi connectivity index (χ4n) is 2.16. The molecule has 0 bridgehead atoms. The first-order valence-corrected chi connectivity index (χ1v) is 6.59. The van der Waals surface area contributed by atoms with E-state index in [2.05, 4.69) is 19.8 Å². The molecule has 1 aromatic rings. The van der Waals surface area contributed by atoms with Crippen molar-refractivity contribution in [2.45, 2.75) is 6.92 Å². The van der Waals surface area contributed by atoms with E-state index in [1.165, 1.54) is 0 Å². The summed E-state index contributed by atoms with van der Waals surface area (Å²) < 4.78 is 10.3. The fraction of sp³-hybridized carbons (Fsp3) is 0.692. The maximum atomic E-state index is 5.20. The third kappa shape index (κ3) is 3.78. The summed E-state index contributed by atoms with van der Waals surface area (Å²) in [5.41, 5.74) is 0.934. The number of hydrogen-bond acceptors (Lipinski definition) is 6. The number of ether oxygens (including phenoxy) is 2. The molecule has 2 rings (SSSR count). The summed E-state index contributed by atoms with van der Waals surface area (Å²) in [5, 5.41) is 0. The van der Waals surface area contributed by atoms with Gasteiger partial charge in [0, 0.05) is 51.6 Å². The fourth-order valence-corrected chi connectivity index (χ4v) is 2.16. The molecule has 0 saturated carbocycles. The highest BCUT2D eigenvalue weighted by atomic mass is 16.5. The molecular weight excluding hydrogens is 244 g/mol. The zero-order chi connectivity index (χ0) is 13.7. The molecule has 0 radical (unpaired) electrons. The van der Waals surface area contributed by atoms with Crippen LogP contribution in [-0.2, 0) is 4.74 Å². The molecule has 6 nitrogen and oxygen atoms in total. The Labute approximate surface area is 114 Å². The van der Waals surface area contributed by atoms with Crippen LogP contribution in [0.3, 0.4) is 0 Å². The number of nitrogens with zero attached hydrogens (tertiary/aromatic N) is 4. The summed E-state index contributed by atoms with van der Waals surface area (Å²) in [6, 6.07) is 1.85. The molecule has 0 unspecified atom stereocenters. The maximum Gasteiger partial charge on any atom is 0.228 e. The van der Waals surface area contributed by atoms with Crippen molar-refractivity contribution in [3.05, 3.63) is 11.8 Å². The smallest absolute Gasteiger partial charge is 0.228 e. The van der Waals surface area contributed by atoms with Crippen LogP contribution in [0.5, 0.6) is 5.88 Å². The SMILES string of the molecule is COCCN1CCN(c2nc(C)cc(OC)n2)CC1. The Morgan fingerprint density at radius 3 is 2.53 bits per heavy atom. The van der Waals surface area contributed by atoms with Gasteiger partial charge < -0.3 is 14.4 Å². The third-order valence-electron chi connectivity index (χ3n) is 3.29. The van der Waals surface area contributed by atoms with Gasteiger partial charge in [0.25, 0.3) is 0 Å². The van der Waals surface area contributed by atoms with Crippen molar-refractivity contribution < 1.29 is 9.47 Å². The van der Waals surface area contributed by atoms with Crippen LogP contribution in [-0.4, -0.2) is 68.4 Å². The van der Waals surface area contributed by atoms with E-state index in [1.807, 2.05) is 13.0 Å². The zero-order valence-corrected chi connectivity index (χ0v) is 11.9. The van der Waals surface area contributed by atoms with Gasteiger partial charge in [-0.05, 0) is 6.92 Å². The molecule has 6 heteroatoms. The van der Waals surface area contributed by atoms with Crippen LogP contribution < -0.4 is 9.64 Å². The molecule has 1 fully saturated rings. The van der Waals surface area contributed by atoms with Crippen molar-refractivity contribution in [2.24, 2.45) is 0 Å². The summed E-state index contributed by atoms with van der Waals surface area (Å²) in [5.74, 6) is 1.40. The first-order valence-electron chi connectivity index (χ1n) is 6.59. The number of rotatable bonds is 5. The first kappa shape index (κ1) is 14.0. The number of hydrogen-bond donors (Lipinski definition) is 0. The minimum atomic E-state index is 0.629. The van der Waals surface area contributed by atoms with Crippen molar-refractivity contribution >= 4 is 5.95 Å². The molecule has 0 atom stereocenters. The van der Waals surface area contributed by atoms with Crippen LogP contribution >= 0.6 is 0 Å². The second-order valence-electron chi connectivity index (χ2n) is 4.67. The molecule has 19 heavy (non-hydrogen) atoms. The van der Waals surface area contributed by atoms with Gasteiger partial charge in [-0.2, -0.15) is 4.98 Å². The van der Waals surface area contributed by atoms with Gasteiger partial charge in [-0.1, -0.05) is 0 Å². The van der Waals surface area contributed by atoms with Crippen molar-refractivity contribution in [1.29, 1.82) is 0 Å². The summed E-state index contributed by atoms with van der Waals surface area (Å²) in [6.07, 6.45) is 0. The van der Waals surface area contributed by atoms with Gasteiger partial charge >= 0.3 is 0 Å². The second kappa shape index (κ2) is 6.68. The topological polar surface area (TPSA) is 50.7 Å². The Bertz CT molecular complexity index is 406. The highest BCUT2D eigenvalue weighted by Crippen LogP contribution is 2.16. The molecule has 1 aliphatic heterocycles. The van der Waals surface area contributed by atoms with E-state index < -0.39 is 0 Å². The average Bonchev–Trinajstić information content (AvgIpc) is 2.45. The number of aryl methyl sites for hydroxylation is 1. The lowest BCUT2D eigenvalue weighted by Crippen LogP contribution is -2.47. The summed E-state index contributed by atoms with van der Waals surface area (Å²) in [7, 11) is 3.37. The van der Waals surface area contributed by atoms with Crippen LogP contribution in [0.4, 0.5) is 5.95 Å². The highest BCUT2D eigenvalue weighted by Gasteiger charge is 2.19. The Morgan fingerprint density at radius 1 is 1.16 bits per heavy atom. The van der Waals surface area contributed by atoms with Crippen LogP contribution in [0.2, 0.25) is 0 Å². The average molecular weight is 266 g/mol. The van der Waals surface area contributed by atoms with Crippen molar-refractivity contribution in [3.63, 3.8) is 0 Å². The number of aromatic nitrogens is 2. The second-order valence-corrected chi connectivity index (χ2v) is 4.67. The van der Waals surface area contributed by atoms with Gasteiger partial charge in [0.05, 0.1) is 13.7 Å². The van der Waals surface area contributed by atoms with Crippen molar-refractivity contribution in [1.82, 2.24) is 14.9 Å². The molecule has 1 aliphatic rings. The quantitative estimate of drug-likeness (QED) is 0.776. The minimum absolute atomic E-state index is 0.629. The van der Waals surface area contributed by atoms with Crippen LogP contribution in [0, 0.1) is 6.92 Å². The molecule has 0 amide bonds. The molecule has 1 aromatic heterocycles. The molecule has 2 heterocycles. The highest BCUT2D eigenvalue weighted by molar-refractivity contribution is 5.34. The Hall–Kier alpha value is -1.40. The largest absolute Gasteiger partial charge is 0.481 e. The minimum Gasteiger partial charge on any atom is -0.481 e. The first-order chi connectivity index (χ1) is 9.22. The van der Waals surface area contributed by atoms with E-state index in [0.717, 1.165) is 51.0 Å². The van der Waals surface area contributed by atoms with E-state index in [0.29, 0.717) is 5.88 Å². The van der Waals surface area contributed by atoms with E-state index >= 15 is 0 Å². The molecule has 0 aliphatic carbocycles. The molecular formula is C13H22N4O2. The summed E-state index contributed by atoms with van der Waals surface area (Å²) >= 11 is 0. The number of piperazine rings is 1. The van der Waals surface area contributed by atoms with E-state index in [1.54, 1.807) is 14.2 Å². The summed E-state index contributed by atoms with van der Waals surface area (Å²) in [6.45, 7) is 7.65. The van der Waals surface area contributed by atoms with Crippen molar-refractivity contribution in [3.8, 4) is 5.88 Å². The summed E-state index contributed by atoms with van der Waals surface area (Å²) in [4.78, 5) is 13.5. The van der Waals surface area contributed by atoms with Gasteiger partial charge in [0.1, 0.15) is 0 Å². The van der Waals surface area contributed by atoms with Crippen LogP contribution in [0.25, 0.3) is 0 Å². The number of anilines is 1. The molecule has 1 saturated heterocycles. The predicted molar refractivity (Wildman–Crippen MR) is 73.9 cm³/mol. The van der Waals surface area contributed by atoms with Gasteiger partial charge in [0.2, 0.25) is 11.8 Å². The Morgan fingerprint density at radius 2 is 1.89 bits per heavy atom. The van der Waals surface area contributed by atoms with Gasteiger partial charge in [-0.25, -0.2) is 4.98 Å². The standard InChI is InChI=1S/C13H22N4O2/c1-11-10-12(19-3)15-13(14-11)17-6-4-16(5-7-17)8-9-18-2/h10H,4-9H2,1-3H3. The molecule has 0 N–H and O–H groups in total. The lowest BCUT2D eigenvalue weighted by Gasteiger charge is -2.34. The van der Waals surface area contributed by atoms with Gasteiger partial charge in [-0.3, -0.25) is 4.90 Å². The van der Waals surface area contributed by atoms with Gasteiger partial charge in [0.15, 0.2) is 0 Å². The van der Waals surface area contributed by atoms with E-state index in [4.69, 9.17) is 9.47 Å². The predicted octanol–water partition coefficient (Wildman–Crippen LogP) is 0.562. The normalized spacial score (nSPS) is 16.7. The number of methoxy groups -OCH3 is 2. The third-order valence-corrected chi connectivity index (χ3v) is 3.29. The van der Waals surface area contributed by atoms with Crippen LogP contribution in [0.15, 0.2) is 6.07 Å². The van der Waals surface area contributed by atoms with E-state index in [9.17, 15) is 0 Å². The molecule has 0 spiro atoms. The monoisotopic (exact) mass is 266 g/mol. The Balaban J connectivity index is 1.95. The van der Waals surface area contributed by atoms with Crippen molar-refractivity contribution in [2.75, 3.05) is 58.5 Å². The maximum absolute atomic E-state index is 5.20. The molecule has 106 valence electrons. The van der Waals surface area contributed by atoms with Crippen LogP contribution in [0.1, 0.15) is 5.69 Å². The lowest BCUT2D eigenvalue weighted by atomic mass is 10.3. The zero-order valence-electron chi connectivity index (χ0n) is 11.9. The lowest BCUT2D eigenvalue weighted by molar-refractivity contribution is 0.143.